The number of amidine groups is 1. The van der Waals surface area contributed by atoms with E-state index in [0.29, 0.717) is 46.6 Å². The smallest absolute Gasteiger partial charge is 0.166 e. The van der Waals surface area contributed by atoms with Gasteiger partial charge >= 0.3 is 0 Å². The molecule has 1 aliphatic carbocycles. The van der Waals surface area contributed by atoms with E-state index in [-0.39, 0.29) is 12.4 Å². The van der Waals surface area contributed by atoms with Crippen molar-refractivity contribution < 1.29 is 9.13 Å². The number of nitrogens with zero attached hydrogens (tertiary/aromatic N) is 4. The van der Waals surface area contributed by atoms with Crippen molar-refractivity contribution in [2.75, 3.05) is 18.8 Å². The minimum Gasteiger partial charge on any atom is -0.482 e. The number of aromatic nitrogens is 1. The average Bonchev–Trinajstić information content (AvgIpc) is 3.60. The number of fused-ring (bicyclic) bond motifs is 3. The lowest BCUT2D eigenvalue weighted by Crippen LogP contribution is -2.19. The SMILES string of the molecule is CC(N)=C1CN=C(N=CN)c2ccc(F)cc2C(C)Oc2cc(cnc2N)C1=NCC1CC1. The number of allylic oxidation sites excluding steroid dienone is 1. The molecule has 0 saturated heterocycles. The van der Waals surface area contributed by atoms with Crippen molar-refractivity contribution >= 4 is 23.7 Å². The second-order valence-electron chi connectivity index (χ2n) is 8.31. The van der Waals surface area contributed by atoms with Crippen LogP contribution in [0.4, 0.5) is 10.2 Å². The molecule has 0 amide bonds. The van der Waals surface area contributed by atoms with Gasteiger partial charge in [0.15, 0.2) is 17.4 Å². The van der Waals surface area contributed by atoms with Gasteiger partial charge in [-0.25, -0.2) is 14.4 Å². The molecule has 8 nitrogen and oxygen atoms in total. The maximum atomic E-state index is 14.2. The zero-order chi connectivity index (χ0) is 23.5. The molecule has 172 valence electrons. The highest BCUT2D eigenvalue weighted by atomic mass is 19.1. The number of halogens is 1. The summed E-state index contributed by atoms with van der Waals surface area (Å²) < 4.78 is 20.3. The van der Waals surface area contributed by atoms with E-state index in [4.69, 9.17) is 31.9 Å². The van der Waals surface area contributed by atoms with Gasteiger partial charge in [0.05, 0.1) is 18.6 Å². The second kappa shape index (κ2) is 9.40. The highest BCUT2D eigenvalue weighted by molar-refractivity contribution is 6.14. The number of hydrogen-bond acceptors (Lipinski definition) is 7. The molecule has 1 aliphatic heterocycles. The largest absolute Gasteiger partial charge is 0.482 e. The standard InChI is InChI=1S/C24H28FN7O/c1-13(27)20-11-31-24(32-12-26)18-6-5-17(25)8-19(18)14(2)33-21-7-16(10-30-23(21)28)22(20)29-9-15-3-4-15/h5-8,10,12,14-15H,3-4,9,11,27H2,1-2H3,(H2,28,30)(H2,26,31,32). The Kier molecular flexibility index (Phi) is 6.39. The first-order valence-electron chi connectivity index (χ1n) is 10.9. The van der Waals surface area contributed by atoms with Crippen LogP contribution in [0, 0.1) is 11.7 Å². The molecule has 2 bridgehead atoms. The molecular weight excluding hydrogens is 421 g/mol. The molecule has 1 saturated carbocycles. The Hall–Kier alpha value is -3.75. The number of nitrogens with two attached hydrogens (primary N) is 3. The lowest BCUT2D eigenvalue weighted by atomic mass is 9.99. The molecule has 9 heteroatoms. The molecular formula is C24H28FN7O. The second-order valence-corrected chi connectivity index (χ2v) is 8.31. The Labute approximate surface area is 192 Å². The van der Waals surface area contributed by atoms with Gasteiger partial charge in [-0.2, -0.15) is 0 Å². The molecule has 33 heavy (non-hydrogen) atoms. The molecule has 2 heterocycles. The van der Waals surface area contributed by atoms with Gasteiger partial charge in [-0.1, -0.05) is 0 Å². The third-order valence-corrected chi connectivity index (χ3v) is 5.70. The zero-order valence-corrected chi connectivity index (χ0v) is 18.8. The molecule has 0 spiro atoms. The lowest BCUT2D eigenvalue weighted by Gasteiger charge is -2.21. The van der Waals surface area contributed by atoms with Gasteiger partial charge in [0, 0.05) is 40.7 Å². The van der Waals surface area contributed by atoms with Gasteiger partial charge < -0.3 is 21.9 Å². The van der Waals surface area contributed by atoms with Crippen LogP contribution in [0.1, 0.15) is 49.5 Å². The summed E-state index contributed by atoms with van der Waals surface area (Å²) in [5.74, 6) is 1.13. The number of pyridine rings is 1. The third kappa shape index (κ3) is 5.02. The summed E-state index contributed by atoms with van der Waals surface area (Å²) in [7, 11) is 0. The Bertz CT molecular complexity index is 1180. The highest BCUT2D eigenvalue weighted by Gasteiger charge is 2.24. The van der Waals surface area contributed by atoms with Crippen LogP contribution in [-0.4, -0.2) is 36.0 Å². The fraction of sp³-hybridized carbons (Fsp3) is 0.333. The maximum absolute atomic E-state index is 14.2. The van der Waals surface area contributed by atoms with Gasteiger partial charge in [0.2, 0.25) is 0 Å². The fourth-order valence-corrected chi connectivity index (χ4v) is 3.69. The number of rotatable bonds is 2. The number of ether oxygens (including phenoxy) is 1. The third-order valence-electron chi connectivity index (χ3n) is 5.70. The van der Waals surface area contributed by atoms with Crippen LogP contribution in [-0.2, 0) is 0 Å². The summed E-state index contributed by atoms with van der Waals surface area (Å²) in [6.07, 6.45) is 4.60. The fourth-order valence-electron chi connectivity index (χ4n) is 3.69. The summed E-state index contributed by atoms with van der Waals surface area (Å²) in [6, 6.07) is 6.16. The van der Waals surface area contributed by atoms with E-state index in [1.54, 1.807) is 25.3 Å². The molecule has 1 aromatic heterocycles. The summed E-state index contributed by atoms with van der Waals surface area (Å²) in [6.45, 7) is 4.52. The summed E-state index contributed by atoms with van der Waals surface area (Å²) in [5.41, 5.74) is 21.9. The molecule has 2 aliphatic rings. The van der Waals surface area contributed by atoms with Crippen molar-refractivity contribution in [3.05, 3.63) is 64.2 Å². The van der Waals surface area contributed by atoms with Crippen LogP contribution in [0.5, 0.6) is 5.75 Å². The summed E-state index contributed by atoms with van der Waals surface area (Å²) in [4.78, 5) is 18.2. The van der Waals surface area contributed by atoms with Gasteiger partial charge in [-0.3, -0.25) is 9.98 Å². The molecule has 1 aromatic carbocycles. The quantitative estimate of drug-likeness (QED) is 0.478. The van der Waals surface area contributed by atoms with Crippen LogP contribution >= 0.6 is 0 Å². The van der Waals surface area contributed by atoms with Crippen molar-refractivity contribution in [3.8, 4) is 5.75 Å². The molecule has 1 atom stereocenters. The van der Waals surface area contributed by atoms with E-state index in [0.717, 1.165) is 17.5 Å². The zero-order valence-electron chi connectivity index (χ0n) is 18.8. The number of hydrogen-bond donors (Lipinski definition) is 3. The Morgan fingerprint density at radius 3 is 2.79 bits per heavy atom. The topological polar surface area (TPSA) is 137 Å². The molecule has 1 unspecified atom stereocenters. The van der Waals surface area contributed by atoms with Gasteiger partial charge in [-0.15, -0.1) is 0 Å². The van der Waals surface area contributed by atoms with E-state index in [2.05, 4.69) is 9.98 Å². The van der Waals surface area contributed by atoms with Crippen molar-refractivity contribution in [2.45, 2.75) is 32.8 Å². The molecule has 1 fully saturated rings. The number of nitrogen functional groups attached to an aromatic ring is 1. The molecule has 2 aromatic rings. The summed E-state index contributed by atoms with van der Waals surface area (Å²) >= 11 is 0. The van der Waals surface area contributed by atoms with E-state index >= 15 is 0 Å². The normalized spacial score (nSPS) is 21.6. The minimum absolute atomic E-state index is 0.213. The molecule has 6 N–H and O–H groups in total. The van der Waals surface area contributed by atoms with Gasteiger partial charge in [0.25, 0.3) is 0 Å². The molecule has 0 radical (unpaired) electrons. The Morgan fingerprint density at radius 2 is 2.09 bits per heavy atom. The maximum Gasteiger partial charge on any atom is 0.166 e. The van der Waals surface area contributed by atoms with E-state index in [1.165, 1.54) is 25.0 Å². The number of aliphatic imine (C=N–C) groups is 3. The van der Waals surface area contributed by atoms with Gasteiger partial charge in [0.1, 0.15) is 11.9 Å². The van der Waals surface area contributed by atoms with Crippen molar-refractivity contribution in [3.63, 3.8) is 0 Å². The van der Waals surface area contributed by atoms with Crippen molar-refractivity contribution in [2.24, 2.45) is 32.4 Å². The Balaban J connectivity index is 1.94. The summed E-state index contributed by atoms with van der Waals surface area (Å²) in [5, 5.41) is 0. The number of anilines is 1. The highest BCUT2D eigenvalue weighted by Crippen LogP contribution is 2.32. The minimum atomic E-state index is -0.564. The first-order chi connectivity index (χ1) is 15.9. The van der Waals surface area contributed by atoms with E-state index in [1.807, 2.05) is 6.92 Å². The predicted molar refractivity (Wildman–Crippen MR) is 129 cm³/mol. The van der Waals surface area contributed by atoms with E-state index < -0.39 is 11.9 Å². The Morgan fingerprint density at radius 1 is 1.30 bits per heavy atom. The monoisotopic (exact) mass is 449 g/mol. The van der Waals surface area contributed by atoms with Crippen LogP contribution < -0.4 is 21.9 Å². The van der Waals surface area contributed by atoms with Crippen LogP contribution in [0.15, 0.2) is 56.7 Å². The first-order valence-corrected chi connectivity index (χ1v) is 10.9. The van der Waals surface area contributed by atoms with Crippen LogP contribution in [0.3, 0.4) is 0 Å². The van der Waals surface area contributed by atoms with Gasteiger partial charge in [-0.05, 0) is 56.9 Å². The lowest BCUT2D eigenvalue weighted by molar-refractivity contribution is 0.227. The van der Waals surface area contributed by atoms with Crippen molar-refractivity contribution in [1.29, 1.82) is 0 Å². The van der Waals surface area contributed by atoms with Crippen LogP contribution in [0.25, 0.3) is 0 Å². The van der Waals surface area contributed by atoms with Crippen LogP contribution in [0.2, 0.25) is 0 Å². The number of benzene rings is 1. The predicted octanol–water partition coefficient (Wildman–Crippen LogP) is 3.12. The average molecular weight is 450 g/mol. The first kappa shape index (κ1) is 22.4. The van der Waals surface area contributed by atoms with Crippen molar-refractivity contribution in [1.82, 2.24) is 4.98 Å². The molecule has 4 rings (SSSR count). The van der Waals surface area contributed by atoms with E-state index in [9.17, 15) is 4.39 Å².